The minimum Gasteiger partial charge on any atom is -0.369 e. The number of nitrogens with one attached hydrogen (secondary N) is 1. The molecular weight excluding hydrogens is 186 g/mol. The zero-order valence-corrected chi connectivity index (χ0v) is 10.2. The second kappa shape index (κ2) is 2.98. The fourth-order valence-corrected chi connectivity index (χ4v) is 3.81. The van der Waals surface area contributed by atoms with Crippen LogP contribution in [-0.4, -0.2) is 24.8 Å². The summed E-state index contributed by atoms with van der Waals surface area (Å²) in [5.74, 6) is 1.81. The molecule has 1 N–H and O–H groups in total. The topological polar surface area (TPSA) is 21.3 Å². The van der Waals surface area contributed by atoms with E-state index in [0.29, 0.717) is 11.5 Å². The first-order chi connectivity index (χ1) is 7.01. The van der Waals surface area contributed by atoms with Gasteiger partial charge in [0.05, 0.1) is 11.7 Å². The van der Waals surface area contributed by atoms with Crippen LogP contribution in [0.1, 0.15) is 40.0 Å². The van der Waals surface area contributed by atoms with Gasteiger partial charge in [-0.1, -0.05) is 13.8 Å². The van der Waals surface area contributed by atoms with E-state index in [1.165, 1.54) is 19.3 Å². The van der Waals surface area contributed by atoms with Gasteiger partial charge in [-0.2, -0.15) is 0 Å². The van der Waals surface area contributed by atoms with Crippen LogP contribution in [0.3, 0.4) is 0 Å². The van der Waals surface area contributed by atoms with Crippen LogP contribution in [0, 0.1) is 17.3 Å². The summed E-state index contributed by atoms with van der Waals surface area (Å²) in [5, 5.41) is 3.31. The van der Waals surface area contributed by atoms with E-state index in [9.17, 15) is 0 Å². The van der Waals surface area contributed by atoms with Crippen molar-refractivity contribution in [2.75, 3.05) is 13.1 Å². The molecule has 2 bridgehead atoms. The molecule has 0 aromatic carbocycles. The molecule has 0 amide bonds. The van der Waals surface area contributed by atoms with Crippen LogP contribution in [0.15, 0.2) is 0 Å². The highest BCUT2D eigenvalue weighted by Crippen LogP contribution is 2.60. The summed E-state index contributed by atoms with van der Waals surface area (Å²) in [4.78, 5) is 0. The molecule has 3 unspecified atom stereocenters. The van der Waals surface area contributed by atoms with Crippen molar-refractivity contribution >= 4 is 0 Å². The van der Waals surface area contributed by atoms with E-state index in [1.54, 1.807) is 0 Å². The minimum absolute atomic E-state index is 0.142. The smallest absolute Gasteiger partial charge is 0.0905 e. The first-order valence-electron chi connectivity index (χ1n) is 6.40. The van der Waals surface area contributed by atoms with Crippen LogP contribution in [-0.2, 0) is 4.74 Å². The summed E-state index contributed by atoms with van der Waals surface area (Å²) in [5.41, 5.74) is 0.694. The van der Waals surface area contributed by atoms with Crippen molar-refractivity contribution in [3.63, 3.8) is 0 Å². The molecule has 0 aromatic heterocycles. The van der Waals surface area contributed by atoms with E-state index in [-0.39, 0.29) is 5.60 Å². The molecule has 1 saturated heterocycles. The lowest BCUT2D eigenvalue weighted by Gasteiger charge is -2.61. The van der Waals surface area contributed by atoms with Crippen molar-refractivity contribution in [2.45, 2.75) is 51.7 Å². The average molecular weight is 209 g/mol. The highest BCUT2D eigenvalue weighted by atomic mass is 16.5. The molecule has 15 heavy (non-hydrogen) atoms. The lowest BCUT2D eigenvalue weighted by atomic mass is 9.48. The maximum Gasteiger partial charge on any atom is 0.0905 e. The maximum atomic E-state index is 6.34. The zero-order chi connectivity index (χ0) is 10.7. The van der Waals surface area contributed by atoms with Crippen molar-refractivity contribution in [1.29, 1.82) is 0 Å². The van der Waals surface area contributed by atoms with E-state index < -0.39 is 0 Å². The molecule has 3 aliphatic carbocycles. The Kier molecular flexibility index (Phi) is 2.01. The number of fused-ring (bicyclic) bond motifs is 2. The molecule has 4 rings (SSSR count). The van der Waals surface area contributed by atoms with Crippen molar-refractivity contribution in [2.24, 2.45) is 17.3 Å². The average Bonchev–Trinajstić information content (AvgIpc) is 2.15. The standard InChI is InChI=1S/C13H23NO/c1-12(2)9-4-5-11(10(12)6-9)15-13(3)7-14-8-13/h9-11,14H,4-8H2,1-3H3. The second-order valence-corrected chi connectivity index (χ2v) is 6.65. The molecular formula is C13H23NO. The molecule has 0 radical (unpaired) electrons. The number of hydrogen-bond acceptors (Lipinski definition) is 2. The monoisotopic (exact) mass is 209 g/mol. The molecule has 0 aromatic rings. The van der Waals surface area contributed by atoms with Gasteiger partial charge in [0.15, 0.2) is 0 Å². The van der Waals surface area contributed by atoms with E-state index in [0.717, 1.165) is 24.9 Å². The van der Waals surface area contributed by atoms with Crippen LogP contribution in [0.2, 0.25) is 0 Å². The van der Waals surface area contributed by atoms with Gasteiger partial charge in [0, 0.05) is 13.1 Å². The summed E-state index contributed by atoms with van der Waals surface area (Å²) in [6, 6.07) is 0. The number of ether oxygens (including phenoxy) is 1. The first kappa shape index (κ1) is 10.1. The molecule has 3 saturated carbocycles. The van der Waals surface area contributed by atoms with E-state index in [1.807, 2.05) is 0 Å². The van der Waals surface area contributed by atoms with Crippen LogP contribution in [0.4, 0.5) is 0 Å². The van der Waals surface area contributed by atoms with Crippen molar-refractivity contribution in [1.82, 2.24) is 5.32 Å². The SMILES string of the molecule is CC1(OC2CCC3CC2C3(C)C)CNC1. The molecule has 2 heteroatoms. The molecule has 4 fully saturated rings. The Morgan fingerprint density at radius 1 is 1.13 bits per heavy atom. The predicted molar refractivity (Wildman–Crippen MR) is 60.8 cm³/mol. The highest BCUT2D eigenvalue weighted by molar-refractivity contribution is 5.05. The van der Waals surface area contributed by atoms with Gasteiger partial charge >= 0.3 is 0 Å². The fourth-order valence-electron chi connectivity index (χ4n) is 3.81. The zero-order valence-electron chi connectivity index (χ0n) is 10.2. The Bertz CT molecular complexity index is 268. The lowest BCUT2D eigenvalue weighted by Crippen LogP contribution is -2.64. The molecule has 86 valence electrons. The normalized spacial score (nSPS) is 45.4. The quantitative estimate of drug-likeness (QED) is 0.752. The van der Waals surface area contributed by atoms with Gasteiger partial charge in [0.25, 0.3) is 0 Å². The van der Waals surface area contributed by atoms with Gasteiger partial charge in [-0.25, -0.2) is 0 Å². The van der Waals surface area contributed by atoms with Crippen molar-refractivity contribution < 1.29 is 4.74 Å². The van der Waals surface area contributed by atoms with E-state index >= 15 is 0 Å². The summed E-state index contributed by atoms with van der Waals surface area (Å²) >= 11 is 0. The van der Waals surface area contributed by atoms with Crippen molar-refractivity contribution in [3.8, 4) is 0 Å². The third kappa shape index (κ3) is 1.38. The van der Waals surface area contributed by atoms with E-state index in [2.05, 4.69) is 26.1 Å². The van der Waals surface area contributed by atoms with Crippen LogP contribution in [0.25, 0.3) is 0 Å². The third-order valence-electron chi connectivity index (χ3n) is 5.23. The van der Waals surface area contributed by atoms with Gasteiger partial charge in [0.2, 0.25) is 0 Å². The molecule has 1 heterocycles. The third-order valence-corrected chi connectivity index (χ3v) is 5.23. The fraction of sp³-hybridized carbons (Fsp3) is 1.00. The number of hydrogen-bond donors (Lipinski definition) is 1. The van der Waals surface area contributed by atoms with E-state index in [4.69, 9.17) is 4.74 Å². The Labute approximate surface area is 92.8 Å². The van der Waals surface area contributed by atoms with Crippen molar-refractivity contribution in [3.05, 3.63) is 0 Å². The van der Waals surface area contributed by atoms with Crippen LogP contribution in [0.5, 0.6) is 0 Å². The first-order valence-corrected chi connectivity index (χ1v) is 6.40. The Morgan fingerprint density at radius 3 is 2.33 bits per heavy atom. The maximum absolute atomic E-state index is 6.34. The largest absolute Gasteiger partial charge is 0.369 e. The van der Waals surface area contributed by atoms with Gasteiger partial charge in [-0.3, -0.25) is 0 Å². The van der Waals surface area contributed by atoms with Gasteiger partial charge in [-0.15, -0.1) is 0 Å². The minimum atomic E-state index is 0.142. The van der Waals surface area contributed by atoms with Crippen LogP contribution >= 0.6 is 0 Å². The van der Waals surface area contributed by atoms with Crippen LogP contribution < -0.4 is 5.32 Å². The highest BCUT2D eigenvalue weighted by Gasteiger charge is 2.56. The number of rotatable bonds is 2. The predicted octanol–water partition coefficient (Wildman–Crippen LogP) is 2.19. The summed E-state index contributed by atoms with van der Waals surface area (Å²) in [6.45, 7) is 9.20. The van der Waals surface area contributed by atoms with Gasteiger partial charge < -0.3 is 10.1 Å². The summed E-state index contributed by atoms with van der Waals surface area (Å²) in [6.07, 6.45) is 4.64. The Hall–Kier alpha value is -0.0800. The summed E-state index contributed by atoms with van der Waals surface area (Å²) < 4.78 is 6.34. The molecule has 4 aliphatic rings. The molecule has 3 atom stereocenters. The van der Waals surface area contributed by atoms with Gasteiger partial charge in [0.1, 0.15) is 0 Å². The second-order valence-electron chi connectivity index (χ2n) is 6.65. The molecule has 0 spiro atoms. The Balaban J connectivity index is 1.67. The Morgan fingerprint density at radius 2 is 1.87 bits per heavy atom. The lowest BCUT2D eigenvalue weighted by molar-refractivity contribution is -0.213. The molecule has 2 nitrogen and oxygen atoms in total. The molecule has 1 aliphatic heterocycles. The van der Waals surface area contributed by atoms with Gasteiger partial charge in [-0.05, 0) is 43.4 Å². The summed E-state index contributed by atoms with van der Waals surface area (Å²) in [7, 11) is 0.